The lowest BCUT2D eigenvalue weighted by Gasteiger charge is -2.19. The Hall–Kier alpha value is -1.91. The molecule has 2 rings (SSSR count). The molecule has 2 N–H and O–H groups in total. The van der Waals surface area contributed by atoms with Crippen LogP contribution in [0.3, 0.4) is 0 Å². The van der Waals surface area contributed by atoms with Crippen molar-refractivity contribution in [2.75, 3.05) is 18.4 Å². The number of para-hydroxylation sites is 1. The predicted octanol–water partition coefficient (Wildman–Crippen LogP) is 3.22. The molecule has 128 valence electrons. The molecule has 0 aliphatic rings. The van der Waals surface area contributed by atoms with Gasteiger partial charge in [0.1, 0.15) is 12.4 Å². The molecule has 0 aromatic heterocycles. The first-order valence-electron chi connectivity index (χ1n) is 8.13. The maximum absolute atomic E-state index is 14.0. The summed E-state index contributed by atoms with van der Waals surface area (Å²) in [5.41, 5.74) is 2.29. The molecule has 5 heteroatoms. The third kappa shape index (κ3) is 5.05. The number of carbonyl (C=O) groups excluding carboxylic acids is 1. The molecular formula is C19H23ClFN2O+. The van der Waals surface area contributed by atoms with Crippen LogP contribution in [0.25, 0.3) is 0 Å². The summed E-state index contributed by atoms with van der Waals surface area (Å²) in [6.45, 7) is 5.42. The molecule has 0 radical (unpaired) electrons. The number of rotatable bonds is 7. The number of hydrogen-bond donors (Lipinski definition) is 2. The van der Waals surface area contributed by atoms with E-state index >= 15 is 0 Å². The van der Waals surface area contributed by atoms with Crippen molar-refractivity contribution in [2.45, 2.75) is 26.8 Å². The van der Waals surface area contributed by atoms with Gasteiger partial charge in [0.25, 0.3) is 5.91 Å². The number of carbonyl (C=O) groups is 1. The Labute approximate surface area is 147 Å². The van der Waals surface area contributed by atoms with Crippen molar-refractivity contribution >= 4 is 23.2 Å². The number of benzene rings is 2. The van der Waals surface area contributed by atoms with Crippen molar-refractivity contribution in [2.24, 2.45) is 0 Å². The molecule has 0 saturated carbocycles. The standard InChI is InChI=1S/C19H22ClFN2O/c1-3-11-23(12-15-16(20)8-6-9-17(15)21)13-19(24)22-18-10-5-4-7-14(18)2/h4-10H,3,11-13H2,1-2H3,(H,22,24)/p+1. The van der Waals surface area contributed by atoms with E-state index in [2.05, 4.69) is 5.32 Å². The summed E-state index contributed by atoms with van der Waals surface area (Å²) < 4.78 is 14.0. The van der Waals surface area contributed by atoms with E-state index in [1.54, 1.807) is 12.1 Å². The van der Waals surface area contributed by atoms with Gasteiger partial charge < -0.3 is 10.2 Å². The fraction of sp³-hybridized carbons (Fsp3) is 0.316. The zero-order chi connectivity index (χ0) is 17.5. The van der Waals surface area contributed by atoms with Gasteiger partial charge in [0.05, 0.1) is 17.1 Å². The molecule has 2 aromatic rings. The number of amides is 1. The Balaban J connectivity index is 2.05. The summed E-state index contributed by atoms with van der Waals surface area (Å²) in [7, 11) is 0. The topological polar surface area (TPSA) is 33.5 Å². The Morgan fingerprint density at radius 3 is 2.62 bits per heavy atom. The second-order valence-corrected chi connectivity index (χ2v) is 6.32. The molecular weight excluding hydrogens is 327 g/mol. The minimum absolute atomic E-state index is 0.0831. The summed E-state index contributed by atoms with van der Waals surface area (Å²) in [5, 5.41) is 3.33. The van der Waals surface area contributed by atoms with Gasteiger partial charge in [0.2, 0.25) is 0 Å². The third-order valence-electron chi connectivity index (χ3n) is 3.92. The highest BCUT2D eigenvalue weighted by molar-refractivity contribution is 6.31. The van der Waals surface area contributed by atoms with Crippen LogP contribution < -0.4 is 10.2 Å². The van der Waals surface area contributed by atoms with Crippen molar-refractivity contribution in [3.8, 4) is 0 Å². The molecule has 0 heterocycles. The second kappa shape index (κ2) is 8.81. The van der Waals surface area contributed by atoms with Gasteiger partial charge in [-0.1, -0.05) is 42.8 Å². The third-order valence-corrected chi connectivity index (χ3v) is 4.28. The Bertz CT molecular complexity index is 685. The van der Waals surface area contributed by atoms with Crippen LogP contribution in [0, 0.1) is 12.7 Å². The Morgan fingerprint density at radius 1 is 1.21 bits per heavy atom. The van der Waals surface area contributed by atoms with E-state index in [-0.39, 0.29) is 18.3 Å². The lowest BCUT2D eigenvalue weighted by Crippen LogP contribution is -3.11. The fourth-order valence-electron chi connectivity index (χ4n) is 2.68. The van der Waals surface area contributed by atoms with Crippen LogP contribution >= 0.6 is 11.6 Å². The lowest BCUT2D eigenvalue weighted by molar-refractivity contribution is -0.905. The van der Waals surface area contributed by atoms with Gasteiger partial charge in [-0.3, -0.25) is 4.79 Å². The van der Waals surface area contributed by atoms with Crippen molar-refractivity contribution in [3.63, 3.8) is 0 Å². The highest BCUT2D eigenvalue weighted by Gasteiger charge is 2.18. The van der Waals surface area contributed by atoms with Gasteiger partial charge in [-0.15, -0.1) is 0 Å². The van der Waals surface area contributed by atoms with Crippen LogP contribution in [0.4, 0.5) is 10.1 Å². The molecule has 1 atom stereocenters. The summed E-state index contributed by atoms with van der Waals surface area (Å²) in [5.74, 6) is -0.407. The Kier molecular flexibility index (Phi) is 6.76. The van der Waals surface area contributed by atoms with Gasteiger partial charge in [-0.2, -0.15) is 0 Å². The van der Waals surface area contributed by atoms with Crippen LogP contribution in [0.15, 0.2) is 42.5 Å². The smallest absolute Gasteiger partial charge is 0.279 e. The van der Waals surface area contributed by atoms with E-state index in [4.69, 9.17) is 11.6 Å². The Morgan fingerprint density at radius 2 is 1.96 bits per heavy atom. The predicted molar refractivity (Wildman–Crippen MR) is 95.9 cm³/mol. The maximum atomic E-state index is 14.0. The van der Waals surface area contributed by atoms with Gasteiger partial charge in [0.15, 0.2) is 6.54 Å². The molecule has 0 aliphatic heterocycles. The average molecular weight is 350 g/mol. The molecule has 0 saturated heterocycles. The summed E-state index contributed by atoms with van der Waals surface area (Å²) in [6.07, 6.45) is 0.902. The van der Waals surface area contributed by atoms with Crippen molar-refractivity contribution in [1.82, 2.24) is 0 Å². The second-order valence-electron chi connectivity index (χ2n) is 5.92. The lowest BCUT2D eigenvalue weighted by atomic mass is 10.2. The monoisotopic (exact) mass is 349 g/mol. The van der Waals surface area contributed by atoms with Crippen molar-refractivity contribution in [1.29, 1.82) is 0 Å². The molecule has 0 aliphatic carbocycles. The molecule has 0 fully saturated rings. The van der Waals surface area contributed by atoms with E-state index in [9.17, 15) is 9.18 Å². The van der Waals surface area contributed by atoms with Gasteiger partial charge in [-0.25, -0.2) is 4.39 Å². The van der Waals surface area contributed by atoms with E-state index in [0.29, 0.717) is 17.1 Å². The largest absolute Gasteiger partial charge is 0.323 e. The number of halogens is 2. The molecule has 1 amide bonds. The first-order valence-corrected chi connectivity index (χ1v) is 8.51. The number of nitrogens with one attached hydrogen (secondary N) is 2. The highest BCUT2D eigenvalue weighted by Crippen LogP contribution is 2.17. The number of aryl methyl sites for hydroxylation is 1. The fourth-order valence-corrected chi connectivity index (χ4v) is 2.91. The van der Waals surface area contributed by atoms with Crippen LogP contribution in [-0.2, 0) is 11.3 Å². The number of anilines is 1. The van der Waals surface area contributed by atoms with Crippen LogP contribution in [0.1, 0.15) is 24.5 Å². The zero-order valence-electron chi connectivity index (χ0n) is 14.0. The summed E-state index contributed by atoms with van der Waals surface area (Å²) >= 11 is 6.11. The van der Waals surface area contributed by atoms with E-state index in [0.717, 1.165) is 29.1 Å². The minimum Gasteiger partial charge on any atom is -0.323 e. The van der Waals surface area contributed by atoms with E-state index in [1.165, 1.54) is 6.07 Å². The molecule has 24 heavy (non-hydrogen) atoms. The summed E-state index contributed by atoms with van der Waals surface area (Å²) in [4.78, 5) is 13.3. The first-order chi connectivity index (χ1) is 11.5. The van der Waals surface area contributed by atoms with Gasteiger partial charge in [0, 0.05) is 5.69 Å². The first kappa shape index (κ1) is 18.4. The SMILES string of the molecule is CCC[NH+](CC(=O)Nc1ccccc1C)Cc1c(F)cccc1Cl. The summed E-state index contributed by atoms with van der Waals surface area (Å²) in [6, 6.07) is 12.3. The normalized spacial score (nSPS) is 12.0. The number of hydrogen-bond acceptors (Lipinski definition) is 1. The molecule has 2 aromatic carbocycles. The van der Waals surface area contributed by atoms with Crippen molar-refractivity contribution < 1.29 is 14.1 Å². The highest BCUT2D eigenvalue weighted by atomic mass is 35.5. The van der Waals surface area contributed by atoms with Crippen LogP contribution in [0.5, 0.6) is 0 Å². The zero-order valence-corrected chi connectivity index (χ0v) is 14.8. The average Bonchev–Trinajstić information content (AvgIpc) is 2.53. The van der Waals surface area contributed by atoms with Gasteiger partial charge in [-0.05, 0) is 37.1 Å². The molecule has 0 spiro atoms. The minimum atomic E-state index is -0.324. The van der Waals surface area contributed by atoms with E-state index in [1.807, 2.05) is 38.1 Å². The van der Waals surface area contributed by atoms with Crippen LogP contribution in [0.2, 0.25) is 5.02 Å². The molecule has 1 unspecified atom stereocenters. The number of quaternary nitrogens is 1. The van der Waals surface area contributed by atoms with E-state index < -0.39 is 0 Å². The van der Waals surface area contributed by atoms with Crippen molar-refractivity contribution in [3.05, 3.63) is 64.4 Å². The molecule has 0 bridgehead atoms. The van der Waals surface area contributed by atoms with Gasteiger partial charge >= 0.3 is 0 Å². The van der Waals surface area contributed by atoms with Crippen LogP contribution in [-0.4, -0.2) is 19.0 Å². The molecule has 3 nitrogen and oxygen atoms in total. The quantitative estimate of drug-likeness (QED) is 0.790. The maximum Gasteiger partial charge on any atom is 0.279 e.